The van der Waals surface area contributed by atoms with Gasteiger partial charge in [0.1, 0.15) is 5.75 Å². The summed E-state index contributed by atoms with van der Waals surface area (Å²) in [6, 6.07) is 10.2. The average molecular weight is 298 g/mol. The van der Waals surface area contributed by atoms with Crippen LogP contribution in [-0.2, 0) is 16.0 Å². The molecule has 0 aliphatic rings. The van der Waals surface area contributed by atoms with Gasteiger partial charge in [0.25, 0.3) is 0 Å². The summed E-state index contributed by atoms with van der Waals surface area (Å²) in [7, 11) is 3.03. The van der Waals surface area contributed by atoms with Crippen LogP contribution in [-0.4, -0.2) is 20.2 Å². The van der Waals surface area contributed by atoms with E-state index >= 15 is 0 Å². The largest absolute Gasteiger partial charge is 0.496 e. The normalized spacial score (nSPS) is 10.4. The van der Waals surface area contributed by atoms with Crippen molar-refractivity contribution in [2.24, 2.45) is 0 Å². The maximum atomic E-state index is 11.6. The molecule has 0 saturated heterocycles. The molecule has 0 aliphatic carbocycles. The van der Waals surface area contributed by atoms with Crippen LogP contribution in [0, 0.1) is 20.8 Å². The zero-order chi connectivity index (χ0) is 16.3. The highest BCUT2D eigenvalue weighted by atomic mass is 16.5. The average Bonchev–Trinajstić information content (AvgIpc) is 2.46. The van der Waals surface area contributed by atoms with Gasteiger partial charge in [0, 0.05) is 11.1 Å². The smallest absolute Gasteiger partial charge is 0.310 e. The van der Waals surface area contributed by atoms with Crippen LogP contribution >= 0.6 is 0 Å². The summed E-state index contributed by atoms with van der Waals surface area (Å²) in [5, 5.41) is 0. The van der Waals surface area contributed by atoms with Crippen molar-refractivity contribution in [3.8, 4) is 16.9 Å². The Morgan fingerprint density at radius 1 is 1.05 bits per heavy atom. The van der Waals surface area contributed by atoms with Crippen LogP contribution in [0.5, 0.6) is 5.75 Å². The van der Waals surface area contributed by atoms with E-state index in [4.69, 9.17) is 9.47 Å². The van der Waals surface area contributed by atoms with Gasteiger partial charge in [-0.25, -0.2) is 0 Å². The molecule has 0 saturated carbocycles. The second-order valence-corrected chi connectivity index (χ2v) is 5.52. The summed E-state index contributed by atoms with van der Waals surface area (Å²) in [4.78, 5) is 11.6. The second kappa shape index (κ2) is 6.65. The molecule has 0 amide bonds. The molecule has 0 heterocycles. The van der Waals surface area contributed by atoms with E-state index in [0.717, 1.165) is 22.4 Å². The Labute approximate surface area is 131 Å². The predicted molar refractivity (Wildman–Crippen MR) is 88.4 cm³/mol. The summed E-state index contributed by atoms with van der Waals surface area (Å²) in [6.07, 6.45) is 0.206. The number of aryl methyl sites for hydroxylation is 3. The van der Waals surface area contributed by atoms with Gasteiger partial charge in [0.05, 0.1) is 20.6 Å². The van der Waals surface area contributed by atoms with Crippen LogP contribution in [0.1, 0.15) is 22.3 Å². The number of methoxy groups -OCH3 is 2. The number of para-hydroxylation sites is 1. The van der Waals surface area contributed by atoms with Crippen LogP contribution in [0.3, 0.4) is 0 Å². The van der Waals surface area contributed by atoms with E-state index in [1.54, 1.807) is 7.11 Å². The summed E-state index contributed by atoms with van der Waals surface area (Å²) in [6.45, 7) is 6.29. The van der Waals surface area contributed by atoms with Crippen LogP contribution < -0.4 is 4.74 Å². The molecule has 3 nitrogen and oxygen atoms in total. The lowest BCUT2D eigenvalue weighted by Crippen LogP contribution is -2.06. The van der Waals surface area contributed by atoms with Gasteiger partial charge in [-0.3, -0.25) is 4.79 Å². The summed E-state index contributed by atoms with van der Waals surface area (Å²) >= 11 is 0. The summed E-state index contributed by atoms with van der Waals surface area (Å²) in [5.41, 5.74) is 6.65. The van der Waals surface area contributed by atoms with Crippen molar-refractivity contribution < 1.29 is 14.3 Å². The van der Waals surface area contributed by atoms with E-state index < -0.39 is 0 Å². The number of carbonyl (C=O) groups is 1. The molecule has 0 unspecified atom stereocenters. The first kappa shape index (κ1) is 16.1. The van der Waals surface area contributed by atoms with Crippen molar-refractivity contribution in [3.05, 3.63) is 52.6 Å². The topological polar surface area (TPSA) is 35.5 Å². The molecule has 0 radical (unpaired) electrons. The fraction of sp³-hybridized carbons (Fsp3) is 0.316. The first-order chi connectivity index (χ1) is 10.5. The van der Waals surface area contributed by atoms with Gasteiger partial charge >= 0.3 is 5.97 Å². The van der Waals surface area contributed by atoms with E-state index in [2.05, 4.69) is 32.9 Å². The van der Waals surface area contributed by atoms with Crippen LogP contribution in [0.25, 0.3) is 11.1 Å². The van der Waals surface area contributed by atoms with Crippen LogP contribution in [0.2, 0.25) is 0 Å². The summed E-state index contributed by atoms with van der Waals surface area (Å²) in [5.74, 6) is 0.468. The monoisotopic (exact) mass is 298 g/mol. The molecule has 0 atom stereocenters. The van der Waals surface area contributed by atoms with E-state index in [0.29, 0.717) is 0 Å². The molecule has 0 aliphatic heterocycles. The Kier molecular flexibility index (Phi) is 4.86. The molecule has 3 heteroatoms. The minimum absolute atomic E-state index is 0.206. The molecule has 0 N–H and O–H groups in total. The summed E-state index contributed by atoms with van der Waals surface area (Å²) < 4.78 is 10.4. The lowest BCUT2D eigenvalue weighted by atomic mass is 9.91. The highest BCUT2D eigenvalue weighted by Gasteiger charge is 2.16. The minimum atomic E-state index is -0.271. The molecular formula is C19H22O3. The number of carbonyl (C=O) groups excluding carboxylic acids is 1. The van der Waals surface area contributed by atoms with Gasteiger partial charge in [-0.15, -0.1) is 0 Å². The number of esters is 1. The molecule has 2 rings (SSSR count). The van der Waals surface area contributed by atoms with Gasteiger partial charge in [-0.2, -0.15) is 0 Å². The van der Waals surface area contributed by atoms with E-state index in [9.17, 15) is 4.79 Å². The predicted octanol–water partition coefficient (Wildman–Crippen LogP) is 4.00. The highest BCUT2D eigenvalue weighted by molar-refractivity contribution is 5.81. The zero-order valence-corrected chi connectivity index (χ0v) is 13.8. The van der Waals surface area contributed by atoms with Crippen molar-refractivity contribution in [2.45, 2.75) is 27.2 Å². The first-order valence-electron chi connectivity index (χ1n) is 7.28. The lowest BCUT2D eigenvalue weighted by Gasteiger charge is -2.17. The second-order valence-electron chi connectivity index (χ2n) is 5.52. The molecule has 2 aromatic rings. The van der Waals surface area contributed by atoms with Crippen molar-refractivity contribution in [1.29, 1.82) is 0 Å². The van der Waals surface area contributed by atoms with Gasteiger partial charge in [0.2, 0.25) is 0 Å². The Balaban J connectivity index is 2.62. The van der Waals surface area contributed by atoms with Crippen LogP contribution in [0.4, 0.5) is 0 Å². The Bertz CT molecular complexity index is 679. The third-order valence-electron chi connectivity index (χ3n) is 3.81. The Morgan fingerprint density at radius 3 is 2.23 bits per heavy atom. The number of hydrogen-bond acceptors (Lipinski definition) is 3. The minimum Gasteiger partial charge on any atom is -0.496 e. The van der Waals surface area contributed by atoms with Gasteiger partial charge in [0.15, 0.2) is 0 Å². The Hall–Kier alpha value is -2.29. The van der Waals surface area contributed by atoms with Gasteiger partial charge in [-0.1, -0.05) is 35.9 Å². The fourth-order valence-corrected chi connectivity index (χ4v) is 2.99. The molecule has 0 fully saturated rings. The van der Waals surface area contributed by atoms with E-state index in [1.807, 2.05) is 18.2 Å². The van der Waals surface area contributed by atoms with Crippen LogP contribution in [0.15, 0.2) is 30.3 Å². The number of ether oxygens (including phenoxy) is 2. The highest BCUT2D eigenvalue weighted by Crippen LogP contribution is 2.37. The SMILES string of the molecule is COC(=O)Cc1cccc(-c2c(C)cc(C)cc2C)c1OC. The number of benzene rings is 2. The quantitative estimate of drug-likeness (QED) is 0.800. The molecule has 0 spiro atoms. The zero-order valence-electron chi connectivity index (χ0n) is 13.8. The third-order valence-corrected chi connectivity index (χ3v) is 3.81. The van der Waals surface area contributed by atoms with Crippen molar-refractivity contribution in [1.82, 2.24) is 0 Å². The molecule has 2 aromatic carbocycles. The molecule has 22 heavy (non-hydrogen) atoms. The molecule has 116 valence electrons. The van der Waals surface area contributed by atoms with Gasteiger partial charge < -0.3 is 9.47 Å². The van der Waals surface area contributed by atoms with Crippen molar-refractivity contribution in [2.75, 3.05) is 14.2 Å². The maximum absolute atomic E-state index is 11.6. The molecule has 0 aromatic heterocycles. The molecular weight excluding hydrogens is 276 g/mol. The van der Waals surface area contributed by atoms with E-state index in [-0.39, 0.29) is 12.4 Å². The maximum Gasteiger partial charge on any atom is 0.310 e. The fourth-order valence-electron chi connectivity index (χ4n) is 2.99. The third kappa shape index (κ3) is 3.14. The van der Waals surface area contributed by atoms with Crippen molar-refractivity contribution >= 4 is 5.97 Å². The van der Waals surface area contributed by atoms with Crippen molar-refractivity contribution in [3.63, 3.8) is 0 Å². The standard InChI is InChI=1S/C19H22O3/c1-12-9-13(2)18(14(3)10-12)16-8-6-7-15(19(16)22-5)11-17(20)21-4/h6-10H,11H2,1-5H3. The van der Waals surface area contributed by atoms with Gasteiger partial charge in [-0.05, 0) is 37.5 Å². The Morgan fingerprint density at radius 2 is 1.68 bits per heavy atom. The number of hydrogen-bond donors (Lipinski definition) is 0. The lowest BCUT2D eigenvalue weighted by molar-refractivity contribution is -0.139. The number of rotatable bonds is 4. The van der Waals surface area contributed by atoms with E-state index in [1.165, 1.54) is 23.8 Å². The first-order valence-corrected chi connectivity index (χ1v) is 7.28. The molecule has 0 bridgehead atoms.